The molecule has 0 fully saturated rings. The first kappa shape index (κ1) is 16.8. The highest BCUT2D eigenvalue weighted by Gasteiger charge is 2.30. The van der Waals surface area contributed by atoms with Crippen molar-refractivity contribution in [2.75, 3.05) is 12.3 Å². The third kappa shape index (κ3) is 4.25. The number of halogens is 3. The zero-order valence-electron chi connectivity index (χ0n) is 12.6. The Bertz CT molecular complexity index is 702. The number of hydrogen-bond donors (Lipinski definition) is 1. The molecule has 2 heterocycles. The smallest absolute Gasteiger partial charge is 0.358 e. The Morgan fingerprint density at radius 3 is 2.54 bits per heavy atom. The maximum absolute atomic E-state index is 12.7. The van der Waals surface area contributed by atoms with Gasteiger partial charge in [0.05, 0.1) is 23.8 Å². The van der Waals surface area contributed by atoms with E-state index in [4.69, 9.17) is 0 Å². The van der Waals surface area contributed by atoms with Crippen LogP contribution < -0.4 is 5.32 Å². The van der Waals surface area contributed by atoms with Gasteiger partial charge in [-0.05, 0) is 17.7 Å². The normalized spacial score (nSPS) is 15.9. The first-order valence-electron chi connectivity index (χ1n) is 7.38. The van der Waals surface area contributed by atoms with Crippen molar-refractivity contribution in [2.45, 2.75) is 18.6 Å². The van der Waals surface area contributed by atoms with E-state index in [1.807, 2.05) is 0 Å². The molecule has 24 heavy (non-hydrogen) atoms. The van der Waals surface area contributed by atoms with Gasteiger partial charge in [-0.15, -0.1) is 0 Å². The van der Waals surface area contributed by atoms with E-state index in [0.29, 0.717) is 6.42 Å². The first-order chi connectivity index (χ1) is 11.5. The van der Waals surface area contributed by atoms with Crippen LogP contribution in [0, 0.1) is 0 Å². The van der Waals surface area contributed by atoms with Crippen molar-refractivity contribution in [3.05, 3.63) is 59.7 Å². The van der Waals surface area contributed by atoms with E-state index in [1.54, 1.807) is 30.4 Å². The van der Waals surface area contributed by atoms with Crippen LogP contribution in [0.25, 0.3) is 0 Å². The Labute approximate surface area is 141 Å². The second-order valence-electron chi connectivity index (χ2n) is 5.25. The van der Waals surface area contributed by atoms with Gasteiger partial charge in [-0.2, -0.15) is 13.2 Å². The molecule has 0 aliphatic carbocycles. The Morgan fingerprint density at radius 2 is 1.96 bits per heavy atom. The number of nitrogens with zero attached hydrogens (tertiary/aromatic N) is 3. The van der Waals surface area contributed by atoms with Crippen LogP contribution >= 0.6 is 11.8 Å². The van der Waals surface area contributed by atoms with Crippen molar-refractivity contribution in [3.63, 3.8) is 0 Å². The molecule has 0 amide bonds. The highest BCUT2D eigenvalue weighted by atomic mass is 32.2. The summed E-state index contributed by atoms with van der Waals surface area (Å²) in [5.41, 5.74) is 0.861. The van der Waals surface area contributed by atoms with Crippen molar-refractivity contribution >= 4 is 16.9 Å². The maximum Gasteiger partial charge on any atom is 0.416 e. The second kappa shape index (κ2) is 7.21. The average Bonchev–Trinajstić information content (AvgIpc) is 3.08. The minimum atomic E-state index is -4.34. The predicted molar refractivity (Wildman–Crippen MR) is 87.8 cm³/mol. The molecule has 4 nitrogen and oxygen atoms in total. The molecule has 2 aromatic rings. The van der Waals surface area contributed by atoms with Crippen LogP contribution in [0.15, 0.2) is 47.8 Å². The summed E-state index contributed by atoms with van der Waals surface area (Å²) in [6.45, 7) is 0.748. The van der Waals surface area contributed by atoms with Gasteiger partial charge in [0.25, 0.3) is 0 Å². The van der Waals surface area contributed by atoms with Crippen LogP contribution in [0.4, 0.5) is 13.2 Å². The van der Waals surface area contributed by atoms with Crippen LogP contribution in [0.2, 0.25) is 0 Å². The largest absolute Gasteiger partial charge is 0.416 e. The summed E-state index contributed by atoms with van der Waals surface area (Å²) in [5, 5.41) is 4.11. The van der Waals surface area contributed by atoms with E-state index in [0.717, 1.165) is 40.9 Å². The van der Waals surface area contributed by atoms with Gasteiger partial charge in [0.1, 0.15) is 0 Å². The van der Waals surface area contributed by atoms with E-state index in [-0.39, 0.29) is 6.04 Å². The van der Waals surface area contributed by atoms with Gasteiger partial charge < -0.3 is 5.32 Å². The number of alkyl halides is 3. The predicted octanol–water partition coefficient (Wildman–Crippen LogP) is 3.47. The number of aliphatic imine (C=N–C) groups is 1. The molecular formula is C16H15F3N4S. The van der Waals surface area contributed by atoms with E-state index in [2.05, 4.69) is 20.3 Å². The standard InChI is InChI=1S/C16H15F3N4S/c17-16(18,19)12-3-1-11(2-4-12)14(23-15-22-7-8-24-15)9-13-10-20-5-6-21-13/h1-6,10,14H,7-9H2,(H,22,23). The molecule has 0 bridgehead atoms. The van der Waals surface area contributed by atoms with Crippen LogP contribution in [0.1, 0.15) is 22.9 Å². The van der Waals surface area contributed by atoms with E-state index >= 15 is 0 Å². The van der Waals surface area contributed by atoms with Crippen molar-refractivity contribution in [1.82, 2.24) is 15.3 Å². The molecule has 1 aliphatic rings. The zero-order valence-corrected chi connectivity index (χ0v) is 13.4. The molecule has 126 valence electrons. The number of amidine groups is 1. The summed E-state index contributed by atoms with van der Waals surface area (Å²) < 4.78 is 38.2. The van der Waals surface area contributed by atoms with Gasteiger partial charge in [-0.25, -0.2) is 0 Å². The van der Waals surface area contributed by atoms with Gasteiger partial charge in [0.2, 0.25) is 0 Å². The minimum absolute atomic E-state index is 0.215. The Hall–Kier alpha value is -2.09. The van der Waals surface area contributed by atoms with Crippen LogP contribution in [0.3, 0.4) is 0 Å². The summed E-state index contributed by atoms with van der Waals surface area (Å²) in [4.78, 5) is 12.6. The lowest BCUT2D eigenvalue weighted by molar-refractivity contribution is -0.137. The molecule has 0 radical (unpaired) electrons. The van der Waals surface area contributed by atoms with Gasteiger partial charge in [0, 0.05) is 30.8 Å². The average molecular weight is 352 g/mol. The molecule has 0 spiro atoms. The topological polar surface area (TPSA) is 50.2 Å². The third-order valence-corrected chi connectivity index (χ3v) is 4.46. The summed E-state index contributed by atoms with van der Waals surface area (Å²) in [7, 11) is 0. The molecule has 1 aromatic carbocycles. The fourth-order valence-electron chi connectivity index (χ4n) is 2.37. The summed E-state index contributed by atoms with van der Waals surface area (Å²) in [6, 6.07) is 4.98. The van der Waals surface area contributed by atoms with E-state index in [9.17, 15) is 13.2 Å². The molecular weight excluding hydrogens is 337 g/mol. The third-order valence-electron chi connectivity index (χ3n) is 3.55. The molecule has 1 aromatic heterocycles. The fraction of sp³-hybridized carbons (Fsp3) is 0.312. The molecule has 3 rings (SSSR count). The van der Waals surface area contributed by atoms with Gasteiger partial charge >= 0.3 is 6.18 Å². The van der Waals surface area contributed by atoms with Crippen molar-refractivity contribution in [2.24, 2.45) is 4.99 Å². The number of benzene rings is 1. The molecule has 8 heteroatoms. The van der Waals surface area contributed by atoms with Gasteiger partial charge in [-0.3, -0.25) is 15.0 Å². The Morgan fingerprint density at radius 1 is 1.17 bits per heavy atom. The van der Waals surface area contributed by atoms with Gasteiger partial charge in [0.15, 0.2) is 5.17 Å². The van der Waals surface area contributed by atoms with Crippen molar-refractivity contribution < 1.29 is 13.2 Å². The zero-order chi connectivity index (χ0) is 17.0. The van der Waals surface area contributed by atoms with Crippen LogP contribution in [-0.2, 0) is 12.6 Å². The molecule has 0 saturated carbocycles. The lowest BCUT2D eigenvalue weighted by atomic mass is 10.0. The molecule has 1 unspecified atom stereocenters. The van der Waals surface area contributed by atoms with Crippen molar-refractivity contribution in [3.8, 4) is 0 Å². The Balaban J connectivity index is 1.83. The number of aromatic nitrogens is 2. The number of thioether (sulfide) groups is 1. The van der Waals surface area contributed by atoms with Gasteiger partial charge in [-0.1, -0.05) is 23.9 Å². The molecule has 1 aliphatic heterocycles. The second-order valence-corrected chi connectivity index (χ2v) is 6.34. The number of hydrogen-bond acceptors (Lipinski definition) is 5. The molecule has 0 saturated heterocycles. The monoisotopic (exact) mass is 352 g/mol. The number of nitrogens with one attached hydrogen (secondary N) is 1. The van der Waals surface area contributed by atoms with E-state index in [1.165, 1.54) is 12.1 Å². The quantitative estimate of drug-likeness (QED) is 0.915. The molecule has 1 N–H and O–H groups in total. The summed E-state index contributed by atoms with van der Waals surface area (Å²) in [6.07, 6.45) is 1.01. The summed E-state index contributed by atoms with van der Waals surface area (Å²) in [5.74, 6) is 0.910. The number of rotatable bonds is 4. The van der Waals surface area contributed by atoms with Crippen molar-refractivity contribution in [1.29, 1.82) is 0 Å². The van der Waals surface area contributed by atoms with E-state index < -0.39 is 11.7 Å². The lowest BCUT2D eigenvalue weighted by Crippen LogP contribution is -2.27. The SMILES string of the molecule is FC(F)(F)c1ccc(C(Cc2cnccn2)NC2=NCCS2)cc1. The fourth-order valence-corrected chi connectivity index (χ4v) is 3.16. The van der Waals surface area contributed by atoms with Crippen LogP contribution in [-0.4, -0.2) is 27.4 Å². The highest BCUT2D eigenvalue weighted by Crippen LogP contribution is 2.30. The minimum Gasteiger partial charge on any atom is -0.358 e. The molecule has 1 atom stereocenters. The lowest BCUT2D eigenvalue weighted by Gasteiger charge is -2.20. The Kier molecular flexibility index (Phi) is 5.03. The maximum atomic E-state index is 12.7. The summed E-state index contributed by atoms with van der Waals surface area (Å²) >= 11 is 1.61. The first-order valence-corrected chi connectivity index (χ1v) is 8.37. The van der Waals surface area contributed by atoms with Crippen LogP contribution in [0.5, 0.6) is 0 Å². The highest BCUT2D eigenvalue weighted by molar-refractivity contribution is 8.14.